The SMILES string of the molecule is COCC(C)OC(=O)c1cc(S(=O)(=O)Cl)c(F)cc1F. The Morgan fingerprint density at radius 3 is 2.45 bits per heavy atom. The fourth-order valence-corrected chi connectivity index (χ4v) is 2.29. The topological polar surface area (TPSA) is 69.7 Å². The molecule has 0 fully saturated rings. The van der Waals surface area contributed by atoms with Crippen molar-refractivity contribution in [1.29, 1.82) is 0 Å². The smallest absolute Gasteiger partial charge is 0.341 e. The Morgan fingerprint density at radius 1 is 1.35 bits per heavy atom. The minimum absolute atomic E-state index is 0.0647. The molecule has 5 nitrogen and oxygen atoms in total. The average Bonchev–Trinajstić information content (AvgIpc) is 2.26. The number of carbonyl (C=O) groups excluding carboxylic acids is 1. The second-order valence-corrected chi connectivity index (χ2v) is 6.41. The molecule has 0 N–H and O–H groups in total. The van der Waals surface area contributed by atoms with Gasteiger partial charge in [0.2, 0.25) is 0 Å². The fourth-order valence-electron chi connectivity index (χ4n) is 1.39. The van der Waals surface area contributed by atoms with E-state index in [0.29, 0.717) is 6.07 Å². The fraction of sp³-hybridized carbons (Fsp3) is 0.364. The van der Waals surface area contributed by atoms with E-state index in [-0.39, 0.29) is 12.7 Å². The quantitative estimate of drug-likeness (QED) is 0.611. The van der Waals surface area contributed by atoms with Crippen molar-refractivity contribution in [3.8, 4) is 0 Å². The molecule has 0 bridgehead atoms. The first-order valence-corrected chi connectivity index (χ1v) is 7.61. The van der Waals surface area contributed by atoms with Crippen molar-refractivity contribution >= 4 is 25.7 Å². The number of hydrogen-bond acceptors (Lipinski definition) is 5. The van der Waals surface area contributed by atoms with Gasteiger partial charge in [0.15, 0.2) is 0 Å². The van der Waals surface area contributed by atoms with Gasteiger partial charge in [0.1, 0.15) is 22.6 Å². The standard InChI is InChI=1S/C11H11ClF2O5S/c1-6(5-18-2)19-11(15)7-3-10(20(12,16)17)9(14)4-8(7)13/h3-4,6H,5H2,1-2H3. The van der Waals surface area contributed by atoms with Crippen LogP contribution in [0.2, 0.25) is 0 Å². The van der Waals surface area contributed by atoms with E-state index >= 15 is 0 Å². The molecule has 0 aliphatic carbocycles. The average molecular weight is 329 g/mol. The van der Waals surface area contributed by atoms with E-state index < -0.39 is 43.2 Å². The molecule has 0 aliphatic rings. The summed E-state index contributed by atoms with van der Waals surface area (Å²) in [5.74, 6) is -3.78. The number of rotatable bonds is 5. The Hall–Kier alpha value is -1.25. The third kappa shape index (κ3) is 4.12. The first kappa shape index (κ1) is 16.8. The molecule has 0 heterocycles. The maximum absolute atomic E-state index is 13.5. The molecule has 20 heavy (non-hydrogen) atoms. The number of esters is 1. The van der Waals surface area contributed by atoms with Gasteiger partial charge in [-0.1, -0.05) is 0 Å². The molecule has 1 rings (SSSR count). The van der Waals surface area contributed by atoms with Crippen LogP contribution < -0.4 is 0 Å². The summed E-state index contributed by atoms with van der Waals surface area (Å²) in [5.41, 5.74) is -0.728. The Morgan fingerprint density at radius 2 is 1.95 bits per heavy atom. The highest BCUT2D eigenvalue weighted by Crippen LogP contribution is 2.23. The molecular formula is C11H11ClF2O5S. The van der Waals surface area contributed by atoms with Crippen LogP contribution in [0.25, 0.3) is 0 Å². The number of hydrogen-bond donors (Lipinski definition) is 0. The molecule has 1 aromatic carbocycles. The Labute approximate surface area is 118 Å². The van der Waals surface area contributed by atoms with Crippen LogP contribution in [-0.4, -0.2) is 34.2 Å². The van der Waals surface area contributed by atoms with Gasteiger partial charge in [0.05, 0.1) is 12.2 Å². The van der Waals surface area contributed by atoms with E-state index in [2.05, 4.69) is 0 Å². The Bertz CT molecular complexity index is 617. The zero-order valence-electron chi connectivity index (χ0n) is 10.5. The highest BCUT2D eigenvalue weighted by atomic mass is 35.7. The lowest BCUT2D eigenvalue weighted by molar-refractivity contribution is 0.0115. The van der Waals surface area contributed by atoms with Crippen molar-refractivity contribution in [3.63, 3.8) is 0 Å². The largest absolute Gasteiger partial charge is 0.457 e. The monoisotopic (exact) mass is 328 g/mol. The van der Waals surface area contributed by atoms with Crippen LogP contribution in [0.1, 0.15) is 17.3 Å². The minimum Gasteiger partial charge on any atom is -0.457 e. The molecule has 0 aliphatic heterocycles. The highest BCUT2D eigenvalue weighted by Gasteiger charge is 2.24. The molecule has 0 aromatic heterocycles. The van der Waals surface area contributed by atoms with Crippen molar-refractivity contribution < 1.29 is 31.5 Å². The van der Waals surface area contributed by atoms with Gasteiger partial charge in [-0.15, -0.1) is 0 Å². The van der Waals surface area contributed by atoms with Crippen molar-refractivity contribution in [2.75, 3.05) is 13.7 Å². The number of methoxy groups -OCH3 is 1. The molecule has 0 saturated heterocycles. The first-order valence-electron chi connectivity index (χ1n) is 5.30. The van der Waals surface area contributed by atoms with Gasteiger partial charge < -0.3 is 9.47 Å². The van der Waals surface area contributed by atoms with Crippen LogP contribution in [0.5, 0.6) is 0 Å². The van der Waals surface area contributed by atoms with Crippen molar-refractivity contribution in [2.24, 2.45) is 0 Å². The highest BCUT2D eigenvalue weighted by molar-refractivity contribution is 8.13. The zero-order valence-corrected chi connectivity index (χ0v) is 12.1. The van der Waals surface area contributed by atoms with Crippen LogP contribution in [0.15, 0.2) is 17.0 Å². The lowest BCUT2D eigenvalue weighted by atomic mass is 10.2. The molecule has 1 unspecified atom stereocenters. The third-order valence-corrected chi connectivity index (χ3v) is 3.55. The maximum atomic E-state index is 13.5. The summed E-state index contributed by atoms with van der Waals surface area (Å²) in [5, 5.41) is 0. The van der Waals surface area contributed by atoms with Gasteiger partial charge in [-0.25, -0.2) is 22.0 Å². The van der Waals surface area contributed by atoms with Crippen LogP contribution in [-0.2, 0) is 18.5 Å². The van der Waals surface area contributed by atoms with Crippen LogP contribution in [0.4, 0.5) is 8.78 Å². The number of benzene rings is 1. The van der Waals surface area contributed by atoms with Crippen molar-refractivity contribution in [3.05, 3.63) is 29.3 Å². The third-order valence-electron chi connectivity index (χ3n) is 2.21. The second-order valence-electron chi connectivity index (χ2n) is 3.87. The number of carbonyl (C=O) groups is 1. The van der Waals surface area contributed by atoms with Crippen molar-refractivity contribution in [1.82, 2.24) is 0 Å². The summed E-state index contributed by atoms with van der Waals surface area (Å²) < 4.78 is 58.5. The van der Waals surface area contributed by atoms with Gasteiger partial charge in [-0.2, -0.15) is 0 Å². The zero-order chi connectivity index (χ0) is 15.5. The lowest BCUT2D eigenvalue weighted by Crippen LogP contribution is -2.20. The van der Waals surface area contributed by atoms with E-state index in [1.165, 1.54) is 14.0 Å². The summed E-state index contributed by atoms with van der Waals surface area (Å²) in [6, 6.07) is 0.752. The molecular weight excluding hydrogens is 318 g/mol. The van der Waals surface area contributed by atoms with Gasteiger partial charge in [0, 0.05) is 23.9 Å². The molecule has 112 valence electrons. The van der Waals surface area contributed by atoms with E-state index in [0.717, 1.165) is 0 Å². The van der Waals surface area contributed by atoms with E-state index in [4.69, 9.17) is 20.2 Å². The molecule has 1 aromatic rings. The Balaban J connectivity index is 3.16. The van der Waals surface area contributed by atoms with Gasteiger partial charge in [-0.05, 0) is 13.0 Å². The van der Waals surface area contributed by atoms with Gasteiger partial charge in [0.25, 0.3) is 9.05 Å². The van der Waals surface area contributed by atoms with E-state index in [1.54, 1.807) is 0 Å². The summed E-state index contributed by atoms with van der Waals surface area (Å²) in [4.78, 5) is 10.7. The van der Waals surface area contributed by atoms with Crippen LogP contribution >= 0.6 is 10.7 Å². The molecule has 0 spiro atoms. The van der Waals surface area contributed by atoms with E-state index in [9.17, 15) is 22.0 Å². The second kappa shape index (κ2) is 6.47. The van der Waals surface area contributed by atoms with Crippen molar-refractivity contribution in [2.45, 2.75) is 17.9 Å². The normalized spacial score (nSPS) is 13.1. The van der Waals surface area contributed by atoms with Gasteiger partial charge in [-0.3, -0.25) is 0 Å². The lowest BCUT2D eigenvalue weighted by Gasteiger charge is -2.13. The molecule has 1 atom stereocenters. The maximum Gasteiger partial charge on any atom is 0.341 e. The molecule has 0 amide bonds. The summed E-state index contributed by atoms with van der Waals surface area (Å²) in [6.45, 7) is 1.55. The number of halogens is 3. The predicted molar refractivity (Wildman–Crippen MR) is 66.2 cm³/mol. The van der Waals surface area contributed by atoms with E-state index in [1.807, 2.05) is 0 Å². The predicted octanol–water partition coefficient (Wildman–Crippen LogP) is 2.08. The molecule has 0 saturated carbocycles. The summed E-state index contributed by atoms with van der Waals surface area (Å²) in [7, 11) is 1.92. The summed E-state index contributed by atoms with van der Waals surface area (Å²) >= 11 is 0. The Kier molecular flexibility index (Phi) is 5.43. The van der Waals surface area contributed by atoms with Crippen LogP contribution in [0, 0.1) is 11.6 Å². The summed E-state index contributed by atoms with van der Waals surface area (Å²) in [6.07, 6.45) is -0.687. The first-order chi connectivity index (χ1) is 9.16. The number of ether oxygens (including phenoxy) is 2. The minimum atomic E-state index is -4.45. The van der Waals surface area contributed by atoms with Gasteiger partial charge >= 0.3 is 5.97 Å². The molecule has 0 radical (unpaired) electrons. The van der Waals surface area contributed by atoms with Crippen LogP contribution in [0.3, 0.4) is 0 Å². The molecule has 9 heteroatoms.